The molecule has 7 nitrogen and oxygen atoms in total. The van der Waals surface area contributed by atoms with Crippen LogP contribution in [0.2, 0.25) is 5.02 Å². The molecule has 2 amide bonds. The van der Waals surface area contributed by atoms with Gasteiger partial charge < -0.3 is 10.2 Å². The van der Waals surface area contributed by atoms with Gasteiger partial charge in [-0.3, -0.25) is 13.9 Å². The predicted octanol–water partition coefficient (Wildman–Crippen LogP) is 4.43. The lowest BCUT2D eigenvalue weighted by molar-refractivity contribution is -0.141. The van der Waals surface area contributed by atoms with E-state index in [1.165, 1.54) is 4.90 Å². The van der Waals surface area contributed by atoms with Crippen molar-refractivity contribution in [1.29, 1.82) is 0 Å². The van der Waals surface area contributed by atoms with E-state index in [1.807, 2.05) is 27.7 Å². The number of sulfonamides is 1. The minimum absolute atomic E-state index is 0.135. The minimum Gasteiger partial charge on any atom is -0.350 e. The van der Waals surface area contributed by atoms with Crippen LogP contribution in [0.25, 0.3) is 0 Å². The van der Waals surface area contributed by atoms with Gasteiger partial charge in [-0.15, -0.1) is 0 Å². The molecular weight excluding hydrogens is 589 g/mol. The molecule has 0 radical (unpaired) electrons. The highest BCUT2D eigenvalue weighted by Crippen LogP contribution is 2.21. The summed E-state index contributed by atoms with van der Waals surface area (Å²) in [5.41, 5.74) is 0.675. The first-order chi connectivity index (χ1) is 15.7. The lowest BCUT2D eigenvalue weighted by Crippen LogP contribution is -2.55. The fourth-order valence-corrected chi connectivity index (χ4v) is 4.72. The van der Waals surface area contributed by atoms with Crippen LogP contribution in [0.15, 0.2) is 48.5 Å². The van der Waals surface area contributed by atoms with Crippen molar-refractivity contribution in [1.82, 2.24) is 10.2 Å². The molecule has 1 atom stereocenters. The summed E-state index contributed by atoms with van der Waals surface area (Å²) in [6.07, 6.45) is 1.43. The zero-order valence-electron chi connectivity index (χ0n) is 20.0. The molecule has 34 heavy (non-hydrogen) atoms. The number of nitrogens with zero attached hydrogens (tertiary/aromatic N) is 2. The van der Waals surface area contributed by atoms with E-state index >= 15 is 0 Å². The number of anilines is 1. The Labute approximate surface area is 221 Å². The number of amides is 2. The van der Waals surface area contributed by atoms with Crippen molar-refractivity contribution in [2.45, 2.75) is 52.2 Å². The molecule has 0 fully saturated rings. The molecule has 0 aromatic heterocycles. The first-order valence-electron chi connectivity index (χ1n) is 10.8. The van der Waals surface area contributed by atoms with Gasteiger partial charge in [0.15, 0.2) is 0 Å². The highest BCUT2D eigenvalue weighted by molar-refractivity contribution is 14.1. The molecule has 0 bridgehead atoms. The zero-order chi connectivity index (χ0) is 25.7. The van der Waals surface area contributed by atoms with Gasteiger partial charge in [-0.2, -0.15) is 0 Å². The maximum absolute atomic E-state index is 13.6. The Morgan fingerprint density at radius 2 is 1.62 bits per heavy atom. The molecule has 0 saturated carbocycles. The van der Waals surface area contributed by atoms with E-state index in [0.29, 0.717) is 17.1 Å². The highest BCUT2D eigenvalue weighted by atomic mass is 127. The van der Waals surface area contributed by atoms with Crippen molar-refractivity contribution in [3.63, 3.8) is 0 Å². The number of carbonyl (C=O) groups excluding carboxylic acids is 2. The molecule has 1 N–H and O–H groups in total. The standard InChI is InChI=1S/C24H31ClIN3O4S/c1-6-21(23(31)27-24(2,3)4)28(15-17-7-9-18(25)10-8-17)22(30)16-29(34(5,32)33)20-13-11-19(26)12-14-20/h7-14,21H,6,15-16H2,1-5H3,(H,27,31)/t21-/m1/s1. The Hall–Kier alpha value is -1.85. The van der Waals surface area contributed by atoms with Crippen LogP contribution in [0.4, 0.5) is 5.69 Å². The summed E-state index contributed by atoms with van der Waals surface area (Å²) >= 11 is 8.13. The topological polar surface area (TPSA) is 86.8 Å². The van der Waals surface area contributed by atoms with Crippen LogP contribution in [0.3, 0.4) is 0 Å². The molecule has 0 aliphatic rings. The molecule has 2 rings (SSSR count). The zero-order valence-corrected chi connectivity index (χ0v) is 23.7. The summed E-state index contributed by atoms with van der Waals surface area (Å²) in [6, 6.07) is 13.1. The summed E-state index contributed by atoms with van der Waals surface area (Å²) < 4.78 is 27.2. The average molecular weight is 620 g/mol. The Morgan fingerprint density at radius 1 is 1.06 bits per heavy atom. The number of carbonyl (C=O) groups is 2. The molecule has 0 heterocycles. The van der Waals surface area contributed by atoms with Crippen LogP contribution in [-0.4, -0.2) is 49.5 Å². The SMILES string of the molecule is CC[C@H](C(=O)NC(C)(C)C)N(Cc1ccc(Cl)cc1)C(=O)CN(c1ccc(I)cc1)S(C)(=O)=O. The van der Waals surface area contributed by atoms with Crippen LogP contribution in [0.1, 0.15) is 39.7 Å². The van der Waals surface area contributed by atoms with Gasteiger partial charge in [-0.05, 0) is 91.7 Å². The van der Waals surface area contributed by atoms with Crippen LogP contribution in [0.5, 0.6) is 0 Å². The molecule has 0 saturated heterocycles. The molecule has 0 aliphatic carbocycles. The summed E-state index contributed by atoms with van der Waals surface area (Å²) in [5.74, 6) is -0.771. The predicted molar refractivity (Wildman–Crippen MR) is 145 cm³/mol. The molecular formula is C24H31ClIN3O4S. The molecule has 0 unspecified atom stereocenters. The number of hydrogen-bond donors (Lipinski definition) is 1. The van der Waals surface area contributed by atoms with E-state index in [9.17, 15) is 18.0 Å². The van der Waals surface area contributed by atoms with Gasteiger partial charge in [0.1, 0.15) is 12.6 Å². The second kappa shape index (κ2) is 11.7. The van der Waals surface area contributed by atoms with Gasteiger partial charge >= 0.3 is 0 Å². The van der Waals surface area contributed by atoms with E-state index in [2.05, 4.69) is 27.9 Å². The lowest BCUT2D eigenvalue weighted by Gasteiger charge is -2.34. The molecule has 2 aromatic carbocycles. The second-order valence-corrected chi connectivity index (χ2v) is 12.6. The van der Waals surface area contributed by atoms with Crippen LogP contribution in [-0.2, 0) is 26.2 Å². The van der Waals surface area contributed by atoms with Crippen molar-refractivity contribution in [3.05, 3.63) is 62.7 Å². The van der Waals surface area contributed by atoms with Crippen molar-refractivity contribution in [2.24, 2.45) is 0 Å². The van der Waals surface area contributed by atoms with Crippen LogP contribution in [0, 0.1) is 3.57 Å². The Kier molecular flexibility index (Phi) is 9.79. The summed E-state index contributed by atoms with van der Waals surface area (Å²) in [4.78, 5) is 28.1. The van der Waals surface area contributed by atoms with E-state index < -0.39 is 34.1 Å². The quantitative estimate of drug-likeness (QED) is 0.421. The molecule has 186 valence electrons. The van der Waals surface area contributed by atoms with E-state index in [0.717, 1.165) is 19.7 Å². The Morgan fingerprint density at radius 3 is 2.09 bits per heavy atom. The van der Waals surface area contributed by atoms with Crippen molar-refractivity contribution < 1.29 is 18.0 Å². The van der Waals surface area contributed by atoms with Gasteiger partial charge in [0.05, 0.1) is 11.9 Å². The largest absolute Gasteiger partial charge is 0.350 e. The highest BCUT2D eigenvalue weighted by Gasteiger charge is 2.33. The summed E-state index contributed by atoms with van der Waals surface area (Å²) in [5, 5.41) is 3.49. The number of hydrogen-bond acceptors (Lipinski definition) is 4. The third kappa shape index (κ3) is 8.42. The summed E-state index contributed by atoms with van der Waals surface area (Å²) in [7, 11) is -3.75. The van der Waals surface area contributed by atoms with Crippen LogP contribution >= 0.6 is 34.2 Å². The molecule has 0 aliphatic heterocycles. The smallest absolute Gasteiger partial charge is 0.244 e. The van der Waals surface area contributed by atoms with Crippen molar-refractivity contribution >= 4 is 61.7 Å². The normalized spacial score (nSPS) is 12.7. The number of benzene rings is 2. The first-order valence-corrected chi connectivity index (χ1v) is 14.1. The van der Waals surface area contributed by atoms with E-state index in [1.54, 1.807) is 48.5 Å². The molecule has 10 heteroatoms. The number of nitrogens with one attached hydrogen (secondary N) is 1. The third-order valence-corrected chi connectivity index (χ3v) is 7.06. The van der Waals surface area contributed by atoms with Crippen molar-refractivity contribution in [3.8, 4) is 0 Å². The monoisotopic (exact) mass is 619 g/mol. The summed E-state index contributed by atoms with van der Waals surface area (Å²) in [6.45, 7) is 7.13. The van der Waals surface area contributed by atoms with E-state index in [4.69, 9.17) is 11.6 Å². The maximum Gasteiger partial charge on any atom is 0.244 e. The minimum atomic E-state index is -3.75. The van der Waals surface area contributed by atoms with Crippen LogP contribution < -0.4 is 9.62 Å². The third-order valence-electron chi connectivity index (χ3n) is 4.94. The van der Waals surface area contributed by atoms with Gasteiger partial charge in [-0.25, -0.2) is 8.42 Å². The van der Waals surface area contributed by atoms with Gasteiger partial charge in [0.25, 0.3) is 0 Å². The van der Waals surface area contributed by atoms with Gasteiger partial charge in [0.2, 0.25) is 21.8 Å². The van der Waals surface area contributed by atoms with Gasteiger partial charge in [-0.1, -0.05) is 30.7 Å². The number of halogens is 2. The fraction of sp³-hybridized carbons (Fsp3) is 0.417. The first kappa shape index (κ1) is 28.4. The maximum atomic E-state index is 13.6. The second-order valence-electron chi connectivity index (χ2n) is 9.06. The van der Waals surface area contributed by atoms with Crippen molar-refractivity contribution in [2.75, 3.05) is 17.1 Å². The van der Waals surface area contributed by atoms with Gasteiger partial charge in [0, 0.05) is 20.7 Å². The molecule has 0 spiro atoms. The average Bonchev–Trinajstić information content (AvgIpc) is 2.72. The fourth-order valence-electron chi connectivity index (χ4n) is 3.38. The molecule has 2 aromatic rings. The lowest BCUT2D eigenvalue weighted by atomic mass is 10.1. The van der Waals surface area contributed by atoms with E-state index in [-0.39, 0.29) is 12.5 Å². The Balaban J connectivity index is 2.43. The Bertz CT molecular complexity index is 1100. The number of rotatable bonds is 9.